The fourth-order valence-corrected chi connectivity index (χ4v) is 1.18. The van der Waals surface area contributed by atoms with Crippen molar-refractivity contribution in [1.82, 2.24) is 4.57 Å². The van der Waals surface area contributed by atoms with E-state index < -0.39 is 0 Å². The maximum absolute atomic E-state index is 11.3. The number of carbonyl (C=O) groups excluding carboxylic acids is 1. The number of aryl methyl sites for hydroxylation is 1. The van der Waals surface area contributed by atoms with Gasteiger partial charge in [-0.25, -0.2) is 4.79 Å². The summed E-state index contributed by atoms with van der Waals surface area (Å²) in [5, 5.41) is 0. The first-order valence-electron chi connectivity index (χ1n) is 4.23. The van der Waals surface area contributed by atoms with E-state index in [4.69, 9.17) is 5.73 Å². The molecule has 1 aromatic rings. The predicted molar refractivity (Wildman–Crippen MR) is 54.8 cm³/mol. The number of ether oxygens (including phenoxy) is 1. The average molecular weight is 194 g/mol. The largest absolute Gasteiger partial charge is 0.464 e. The zero-order chi connectivity index (χ0) is 10.7. The SMILES string of the molecule is C=C(CN)c1cc(C(=O)OC)n(C)c1. The van der Waals surface area contributed by atoms with Gasteiger partial charge in [-0.15, -0.1) is 0 Å². The van der Waals surface area contributed by atoms with Gasteiger partial charge in [0.15, 0.2) is 0 Å². The molecule has 0 atom stereocenters. The second-order valence-corrected chi connectivity index (χ2v) is 3.02. The van der Waals surface area contributed by atoms with Crippen molar-refractivity contribution in [3.8, 4) is 0 Å². The van der Waals surface area contributed by atoms with Crippen LogP contribution in [0, 0.1) is 0 Å². The Kier molecular flexibility index (Phi) is 3.09. The summed E-state index contributed by atoms with van der Waals surface area (Å²) in [6.45, 7) is 4.17. The Morgan fingerprint density at radius 1 is 1.71 bits per heavy atom. The maximum Gasteiger partial charge on any atom is 0.354 e. The van der Waals surface area contributed by atoms with Crippen molar-refractivity contribution in [2.24, 2.45) is 12.8 Å². The lowest BCUT2D eigenvalue weighted by molar-refractivity contribution is 0.0590. The molecule has 2 N–H and O–H groups in total. The molecule has 14 heavy (non-hydrogen) atoms. The zero-order valence-electron chi connectivity index (χ0n) is 8.41. The van der Waals surface area contributed by atoms with E-state index in [2.05, 4.69) is 11.3 Å². The highest BCUT2D eigenvalue weighted by Gasteiger charge is 2.12. The molecule has 0 aliphatic rings. The van der Waals surface area contributed by atoms with Crippen molar-refractivity contribution in [2.45, 2.75) is 0 Å². The fourth-order valence-electron chi connectivity index (χ4n) is 1.18. The van der Waals surface area contributed by atoms with Crippen molar-refractivity contribution in [2.75, 3.05) is 13.7 Å². The number of nitrogens with zero attached hydrogens (tertiary/aromatic N) is 1. The molecular weight excluding hydrogens is 180 g/mol. The van der Waals surface area contributed by atoms with Crippen LogP contribution in [-0.2, 0) is 11.8 Å². The van der Waals surface area contributed by atoms with E-state index in [1.165, 1.54) is 7.11 Å². The van der Waals surface area contributed by atoms with Crippen LogP contribution in [0.1, 0.15) is 16.1 Å². The van der Waals surface area contributed by atoms with Crippen molar-refractivity contribution >= 4 is 11.5 Å². The molecule has 4 heteroatoms. The Morgan fingerprint density at radius 3 is 2.86 bits per heavy atom. The minimum Gasteiger partial charge on any atom is -0.464 e. The van der Waals surface area contributed by atoms with E-state index in [0.29, 0.717) is 12.2 Å². The Balaban J connectivity index is 3.05. The lowest BCUT2D eigenvalue weighted by Crippen LogP contribution is -2.06. The first-order valence-corrected chi connectivity index (χ1v) is 4.23. The van der Waals surface area contributed by atoms with Gasteiger partial charge in [-0.1, -0.05) is 6.58 Å². The zero-order valence-corrected chi connectivity index (χ0v) is 8.41. The van der Waals surface area contributed by atoms with Gasteiger partial charge in [0.25, 0.3) is 0 Å². The highest BCUT2D eigenvalue weighted by molar-refractivity contribution is 5.89. The summed E-state index contributed by atoms with van der Waals surface area (Å²) >= 11 is 0. The Bertz CT molecular complexity index is 366. The van der Waals surface area contributed by atoms with Gasteiger partial charge in [0.1, 0.15) is 5.69 Å². The van der Waals surface area contributed by atoms with Crippen LogP contribution in [0.5, 0.6) is 0 Å². The number of hydrogen-bond donors (Lipinski definition) is 1. The van der Waals surface area contributed by atoms with Crippen LogP contribution in [0.4, 0.5) is 0 Å². The van der Waals surface area contributed by atoms with Gasteiger partial charge in [-0.2, -0.15) is 0 Å². The van der Waals surface area contributed by atoms with Crippen molar-refractivity contribution in [3.63, 3.8) is 0 Å². The van der Waals surface area contributed by atoms with Gasteiger partial charge in [0.05, 0.1) is 7.11 Å². The fraction of sp³-hybridized carbons (Fsp3) is 0.300. The molecule has 0 aliphatic heterocycles. The van der Waals surface area contributed by atoms with E-state index in [1.54, 1.807) is 23.9 Å². The number of hydrogen-bond acceptors (Lipinski definition) is 3. The van der Waals surface area contributed by atoms with E-state index >= 15 is 0 Å². The summed E-state index contributed by atoms with van der Waals surface area (Å²) in [7, 11) is 3.13. The summed E-state index contributed by atoms with van der Waals surface area (Å²) < 4.78 is 6.32. The minimum atomic E-state index is -0.358. The third kappa shape index (κ3) is 1.85. The maximum atomic E-state index is 11.3. The summed E-state index contributed by atoms with van der Waals surface area (Å²) in [5.74, 6) is -0.358. The van der Waals surface area contributed by atoms with Crippen LogP contribution in [0.15, 0.2) is 18.8 Å². The van der Waals surface area contributed by atoms with Gasteiger partial charge >= 0.3 is 5.97 Å². The smallest absolute Gasteiger partial charge is 0.354 e. The lowest BCUT2D eigenvalue weighted by atomic mass is 10.1. The van der Waals surface area contributed by atoms with Crippen molar-refractivity contribution < 1.29 is 9.53 Å². The number of nitrogens with two attached hydrogens (primary N) is 1. The molecule has 0 bridgehead atoms. The molecule has 0 aromatic carbocycles. The molecular formula is C10H14N2O2. The molecule has 0 aliphatic carbocycles. The summed E-state index contributed by atoms with van der Waals surface area (Å²) in [6, 6.07) is 1.72. The van der Waals surface area contributed by atoms with E-state index in [0.717, 1.165) is 11.1 Å². The molecule has 76 valence electrons. The molecule has 4 nitrogen and oxygen atoms in total. The van der Waals surface area contributed by atoms with Gasteiger partial charge in [-0.3, -0.25) is 0 Å². The molecule has 1 heterocycles. The molecule has 1 aromatic heterocycles. The molecule has 0 saturated carbocycles. The van der Waals surface area contributed by atoms with Crippen LogP contribution >= 0.6 is 0 Å². The topological polar surface area (TPSA) is 57.3 Å². The number of methoxy groups -OCH3 is 1. The Hall–Kier alpha value is -1.55. The highest BCUT2D eigenvalue weighted by atomic mass is 16.5. The minimum absolute atomic E-state index is 0.358. The molecule has 0 amide bonds. The second kappa shape index (κ2) is 4.11. The summed E-state index contributed by atoms with van der Waals surface area (Å²) in [5.41, 5.74) is 7.62. The third-order valence-electron chi connectivity index (χ3n) is 2.05. The molecule has 0 spiro atoms. The van der Waals surface area contributed by atoms with E-state index in [-0.39, 0.29) is 5.97 Å². The number of esters is 1. The number of carbonyl (C=O) groups is 1. The third-order valence-corrected chi connectivity index (χ3v) is 2.05. The summed E-state index contributed by atoms with van der Waals surface area (Å²) in [6.07, 6.45) is 1.81. The molecule has 0 radical (unpaired) electrons. The molecule has 1 rings (SSSR count). The number of rotatable bonds is 3. The van der Waals surface area contributed by atoms with E-state index in [9.17, 15) is 4.79 Å². The van der Waals surface area contributed by atoms with Gasteiger partial charge in [-0.05, 0) is 17.2 Å². The molecule has 0 unspecified atom stereocenters. The lowest BCUT2D eigenvalue weighted by Gasteiger charge is -1.98. The first-order chi connectivity index (χ1) is 6.60. The number of aromatic nitrogens is 1. The Labute approximate surface area is 83.0 Å². The predicted octanol–water partition coefficient (Wildman–Crippen LogP) is 0.784. The van der Waals surface area contributed by atoms with Crippen LogP contribution in [0.25, 0.3) is 5.57 Å². The van der Waals surface area contributed by atoms with Crippen LogP contribution in [0.3, 0.4) is 0 Å². The average Bonchev–Trinajstić information content (AvgIpc) is 2.58. The van der Waals surface area contributed by atoms with Crippen LogP contribution in [0.2, 0.25) is 0 Å². The van der Waals surface area contributed by atoms with Crippen LogP contribution in [-0.4, -0.2) is 24.2 Å². The molecule has 0 fully saturated rings. The molecule has 0 saturated heterocycles. The van der Waals surface area contributed by atoms with Gasteiger partial charge in [0, 0.05) is 19.8 Å². The monoisotopic (exact) mass is 194 g/mol. The highest BCUT2D eigenvalue weighted by Crippen LogP contribution is 2.15. The quantitative estimate of drug-likeness (QED) is 0.723. The second-order valence-electron chi connectivity index (χ2n) is 3.02. The van der Waals surface area contributed by atoms with Crippen molar-refractivity contribution in [3.05, 3.63) is 30.1 Å². The Morgan fingerprint density at radius 2 is 2.36 bits per heavy atom. The normalized spacial score (nSPS) is 9.93. The van der Waals surface area contributed by atoms with Crippen LogP contribution < -0.4 is 5.73 Å². The standard InChI is InChI=1S/C10H14N2O2/c1-7(5-11)8-4-9(10(13)14-3)12(2)6-8/h4,6H,1,5,11H2,2-3H3. The first kappa shape index (κ1) is 10.5. The summed E-state index contributed by atoms with van der Waals surface area (Å²) in [4.78, 5) is 11.3. The van der Waals surface area contributed by atoms with Crippen molar-refractivity contribution in [1.29, 1.82) is 0 Å². The van der Waals surface area contributed by atoms with Gasteiger partial charge in [0.2, 0.25) is 0 Å². The van der Waals surface area contributed by atoms with E-state index in [1.807, 2.05) is 0 Å². The van der Waals surface area contributed by atoms with Gasteiger partial charge < -0.3 is 15.0 Å².